The zero-order chi connectivity index (χ0) is 15.3. The Bertz CT molecular complexity index is 532. The van der Waals surface area contributed by atoms with E-state index in [1.165, 1.54) is 12.1 Å². The molecule has 108 valence electrons. The lowest BCUT2D eigenvalue weighted by Crippen LogP contribution is -2.27. The van der Waals surface area contributed by atoms with Crippen LogP contribution < -0.4 is 5.32 Å². The van der Waals surface area contributed by atoms with E-state index in [0.717, 1.165) is 6.07 Å². The van der Waals surface area contributed by atoms with Crippen molar-refractivity contribution in [3.63, 3.8) is 0 Å². The predicted octanol–water partition coefficient (Wildman–Crippen LogP) is 3.12. The van der Waals surface area contributed by atoms with E-state index in [9.17, 15) is 14.3 Å². The number of carbonyl (C=O) groups excluding carboxylic acids is 1. The van der Waals surface area contributed by atoms with Crippen LogP contribution in [0.5, 0.6) is 0 Å². The lowest BCUT2D eigenvalue weighted by atomic mass is 10.1. The Kier molecular flexibility index (Phi) is 5.06. The fourth-order valence-electron chi connectivity index (χ4n) is 1.49. The number of rotatable bonds is 3. The monoisotopic (exact) mass is 280 g/mol. The van der Waals surface area contributed by atoms with Gasteiger partial charge in [0.05, 0.1) is 18.6 Å². The topological polar surface area (TPSA) is 82.3 Å². The number of aliphatic hydroxyl groups is 1. The number of hydrogen-bond donors (Lipinski definition) is 2. The second kappa shape index (κ2) is 6.35. The van der Waals surface area contributed by atoms with Gasteiger partial charge in [0.25, 0.3) is 0 Å². The van der Waals surface area contributed by atoms with E-state index in [0.29, 0.717) is 0 Å². The van der Waals surface area contributed by atoms with Gasteiger partial charge in [-0.25, -0.2) is 9.18 Å². The first-order valence-corrected chi connectivity index (χ1v) is 6.07. The van der Waals surface area contributed by atoms with Gasteiger partial charge in [-0.1, -0.05) is 0 Å². The molecular weight excluding hydrogens is 263 g/mol. The number of amides is 1. The number of halogens is 1. The van der Waals surface area contributed by atoms with Gasteiger partial charge in [0, 0.05) is 11.3 Å². The van der Waals surface area contributed by atoms with Crippen LogP contribution in [0.2, 0.25) is 0 Å². The summed E-state index contributed by atoms with van der Waals surface area (Å²) in [7, 11) is 0. The van der Waals surface area contributed by atoms with Crippen LogP contribution in [0.4, 0.5) is 14.9 Å². The smallest absolute Gasteiger partial charge is 0.412 e. The Hall–Kier alpha value is -2.13. The van der Waals surface area contributed by atoms with Crippen molar-refractivity contribution in [1.82, 2.24) is 0 Å². The molecule has 20 heavy (non-hydrogen) atoms. The summed E-state index contributed by atoms with van der Waals surface area (Å²) in [6.45, 7) is 5.16. The molecule has 0 saturated heterocycles. The van der Waals surface area contributed by atoms with Gasteiger partial charge in [0.2, 0.25) is 0 Å². The maximum atomic E-state index is 13.5. The van der Waals surface area contributed by atoms with Crippen molar-refractivity contribution in [3.05, 3.63) is 29.6 Å². The van der Waals surface area contributed by atoms with Crippen molar-refractivity contribution in [2.45, 2.75) is 38.9 Å². The zero-order valence-corrected chi connectivity index (χ0v) is 11.6. The fourth-order valence-corrected chi connectivity index (χ4v) is 1.49. The van der Waals surface area contributed by atoms with Gasteiger partial charge < -0.3 is 9.84 Å². The van der Waals surface area contributed by atoms with Crippen LogP contribution in [0.1, 0.15) is 38.9 Å². The standard InChI is InChI=1S/C14H17FN2O3/c1-14(2,3)20-13(19)17-9-4-5-11(15)10(8-9)12(18)6-7-16/h4-5,8,12,18H,6H2,1-3H3,(H,17,19). The van der Waals surface area contributed by atoms with Crippen LogP contribution in [0, 0.1) is 17.1 Å². The molecule has 1 atom stereocenters. The van der Waals surface area contributed by atoms with Gasteiger partial charge in [-0.3, -0.25) is 5.32 Å². The maximum Gasteiger partial charge on any atom is 0.412 e. The molecule has 1 amide bonds. The quantitative estimate of drug-likeness (QED) is 0.891. The van der Waals surface area contributed by atoms with Gasteiger partial charge in [-0.2, -0.15) is 5.26 Å². The molecule has 1 aromatic rings. The van der Waals surface area contributed by atoms with Crippen molar-refractivity contribution in [3.8, 4) is 6.07 Å². The summed E-state index contributed by atoms with van der Waals surface area (Å²) < 4.78 is 18.6. The molecule has 0 heterocycles. The van der Waals surface area contributed by atoms with Crippen LogP contribution in [0.3, 0.4) is 0 Å². The molecule has 0 aliphatic heterocycles. The minimum atomic E-state index is -1.24. The molecule has 0 radical (unpaired) electrons. The second-order valence-electron chi connectivity index (χ2n) is 5.24. The third-order valence-corrected chi connectivity index (χ3v) is 2.28. The van der Waals surface area contributed by atoms with E-state index in [-0.39, 0.29) is 17.7 Å². The minimum Gasteiger partial charge on any atom is -0.444 e. The molecule has 6 heteroatoms. The Balaban J connectivity index is 2.85. The number of nitrogens with one attached hydrogen (secondary N) is 1. The molecule has 1 aromatic carbocycles. The Morgan fingerprint density at radius 1 is 1.55 bits per heavy atom. The molecule has 1 rings (SSSR count). The van der Waals surface area contributed by atoms with Gasteiger partial charge in [-0.15, -0.1) is 0 Å². The van der Waals surface area contributed by atoms with E-state index >= 15 is 0 Å². The number of benzene rings is 1. The van der Waals surface area contributed by atoms with E-state index in [1.54, 1.807) is 26.8 Å². The summed E-state index contributed by atoms with van der Waals surface area (Å²) in [5.41, 5.74) is -0.402. The number of nitriles is 1. The Morgan fingerprint density at radius 2 is 2.20 bits per heavy atom. The number of aliphatic hydroxyl groups excluding tert-OH is 1. The van der Waals surface area contributed by atoms with E-state index in [4.69, 9.17) is 10.00 Å². The van der Waals surface area contributed by atoms with Crippen molar-refractivity contribution < 1.29 is 19.0 Å². The van der Waals surface area contributed by atoms with Crippen LogP contribution in [0.15, 0.2) is 18.2 Å². The maximum absolute atomic E-state index is 13.5. The molecule has 0 saturated carbocycles. The van der Waals surface area contributed by atoms with E-state index in [1.807, 2.05) is 0 Å². The first-order chi connectivity index (χ1) is 9.23. The minimum absolute atomic E-state index is 0.0416. The highest BCUT2D eigenvalue weighted by Gasteiger charge is 2.18. The first kappa shape index (κ1) is 15.9. The summed E-state index contributed by atoms with van der Waals surface area (Å²) >= 11 is 0. The highest BCUT2D eigenvalue weighted by molar-refractivity contribution is 5.85. The van der Waals surface area contributed by atoms with Gasteiger partial charge >= 0.3 is 6.09 Å². The number of nitrogens with zero attached hydrogens (tertiary/aromatic N) is 1. The molecule has 0 bridgehead atoms. The summed E-state index contributed by atoms with van der Waals surface area (Å²) in [5.74, 6) is -0.637. The molecule has 0 aliphatic carbocycles. The molecule has 0 aromatic heterocycles. The van der Waals surface area contributed by atoms with E-state index < -0.39 is 23.6 Å². The number of ether oxygens (including phenoxy) is 1. The van der Waals surface area contributed by atoms with Crippen LogP contribution >= 0.6 is 0 Å². The highest BCUT2D eigenvalue weighted by atomic mass is 19.1. The number of carbonyl (C=O) groups is 1. The summed E-state index contributed by atoms with van der Waals surface area (Å²) in [5, 5.41) is 20.6. The average Bonchev–Trinajstić information content (AvgIpc) is 2.29. The highest BCUT2D eigenvalue weighted by Crippen LogP contribution is 2.23. The lowest BCUT2D eigenvalue weighted by Gasteiger charge is -2.20. The second-order valence-corrected chi connectivity index (χ2v) is 5.24. The molecule has 0 aliphatic rings. The molecule has 2 N–H and O–H groups in total. The van der Waals surface area contributed by atoms with Crippen LogP contribution in [0.25, 0.3) is 0 Å². The van der Waals surface area contributed by atoms with Crippen molar-refractivity contribution in [1.29, 1.82) is 5.26 Å². The molecule has 1 unspecified atom stereocenters. The fraction of sp³-hybridized carbons (Fsp3) is 0.429. The van der Waals surface area contributed by atoms with Gasteiger partial charge in [0.1, 0.15) is 11.4 Å². The lowest BCUT2D eigenvalue weighted by molar-refractivity contribution is 0.0635. The van der Waals surface area contributed by atoms with Crippen LogP contribution in [-0.2, 0) is 4.74 Å². The van der Waals surface area contributed by atoms with Crippen LogP contribution in [-0.4, -0.2) is 16.8 Å². The Morgan fingerprint density at radius 3 is 2.75 bits per heavy atom. The predicted molar refractivity (Wildman–Crippen MR) is 71.4 cm³/mol. The first-order valence-electron chi connectivity index (χ1n) is 6.07. The SMILES string of the molecule is CC(C)(C)OC(=O)Nc1ccc(F)c(C(O)CC#N)c1. The summed E-state index contributed by atoms with van der Waals surface area (Å²) in [6.07, 6.45) is -2.14. The summed E-state index contributed by atoms with van der Waals surface area (Å²) in [6, 6.07) is 5.50. The number of anilines is 1. The Labute approximate surface area is 117 Å². The van der Waals surface area contributed by atoms with Crippen molar-refractivity contribution in [2.75, 3.05) is 5.32 Å². The van der Waals surface area contributed by atoms with E-state index in [2.05, 4.69) is 5.32 Å². The molecular formula is C14H17FN2O3. The largest absolute Gasteiger partial charge is 0.444 e. The van der Waals surface area contributed by atoms with Crippen molar-refractivity contribution >= 4 is 11.8 Å². The average molecular weight is 280 g/mol. The molecule has 5 nitrogen and oxygen atoms in total. The summed E-state index contributed by atoms with van der Waals surface area (Å²) in [4.78, 5) is 11.6. The third-order valence-electron chi connectivity index (χ3n) is 2.28. The number of hydrogen-bond acceptors (Lipinski definition) is 4. The van der Waals surface area contributed by atoms with Crippen molar-refractivity contribution in [2.24, 2.45) is 0 Å². The third kappa shape index (κ3) is 4.86. The van der Waals surface area contributed by atoms with Gasteiger partial charge in [-0.05, 0) is 39.0 Å². The van der Waals surface area contributed by atoms with Gasteiger partial charge in [0.15, 0.2) is 0 Å². The molecule has 0 fully saturated rings. The normalized spacial score (nSPS) is 12.4. The molecule has 0 spiro atoms. The zero-order valence-electron chi connectivity index (χ0n) is 11.6.